The summed E-state index contributed by atoms with van der Waals surface area (Å²) in [5.41, 5.74) is 0.732. The second-order valence-corrected chi connectivity index (χ2v) is 10.4. The first-order valence-corrected chi connectivity index (χ1v) is 13.1. The van der Waals surface area contributed by atoms with Crippen LogP contribution in [0.5, 0.6) is 5.75 Å². The largest absolute Gasteiger partial charge is 0.496 e. The summed E-state index contributed by atoms with van der Waals surface area (Å²) >= 11 is 3.31. The average molecular weight is 557 g/mol. The maximum Gasteiger partial charge on any atom is 0.283 e. The molecule has 1 saturated heterocycles. The summed E-state index contributed by atoms with van der Waals surface area (Å²) in [5.74, 6) is -1.42. The average Bonchev–Trinajstić information content (AvgIpc) is 2.81. The molecule has 0 unspecified atom stereocenters. The Kier molecular flexibility index (Phi) is 8.80. The standard InChI is InChI=1S/C23H26BrFN2O6S/c1-33-21-7-4-18(14-20(21)24)23(29)27(15-34(30,31)32)13-12-26-10-8-17(9-11-26)22(28)16-2-5-19(25)6-3-16/h2-7,14,17H,8-13,15H2,1H3,(H,30,31,32). The van der Waals surface area contributed by atoms with E-state index in [1.165, 1.54) is 43.5 Å². The number of hydrogen-bond acceptors (Lipinski definition) is 6. The van der Waals surface area contributed by atoms with Gasteiger partial charge in [0.2, 0.25) is 0 Å². The number of carbonyl (C=O) groups excluding carboxylic acids is 2. The zero-order chi connectivity index (χ0) is 24.9. The lowest BCUT2D eigenvalue weighted by Gasteiger charge is -2.33. The Morgan fingerprint density at radius 2 is 1.76 bits per heavy atom. The number of piperidine rings is 1. The molecule has 1 aliphatic rings. The molecule has 11 heteroatoms. The zero-order valence-electron chi connectivity index (χ0n) is 18.6. The van der Waals surface area contributed by atoms with Crippen LogP contribution in [0, 0.1) is 11.7 Å². The lowest BCUT2D eigenvalue weighted by atomic mass is 9.89. The predicted molar refractivity (Wildman–Crippen MR) is 128 cm³/mol. The van der Waals surface area contributed by atoms with E-state index in [-0.39, 0.29) is 23.8 Å². The number of nitrogens with zero attached hydrogens (tertiary/aromatic N) is 2. The van der Waals surface area contributed by atoms with Crippen LogP contribution in [0.4, 0.5) is 4.39 Å². The van der Waals surface area contributed by atoms with Gasteiger partial charge in [0.05, 0.1) is 11.6 Å². The van der Waals surface area contributed by atoms with Crippen LogP contribution >= 0.6 is 15.9 Å². The second kappa shape index (κ2) is 11.4. The fourth-order valence-corrected chi connectivity index (χ4v) is 5.12. The van der Waals surface area contributed by atoms with Crippen molar-refractivity contribution in [1.29, 1.82) is 0 Å². The Hall–Kier alpha value is -2.34. The minimum absolute atomic E-state index is 0.0205. The molecule has 2 aromatic carbocycles. The minimum atomic E-state index is -4.43. The smallest absolute Gasteiger partial charge is 0.283 e. The van der Waals surface area contributed by atoms with Crippen molar-refractivity contribution in [3.63, 3.8) is 0 Å². The second-order valence-electron chi connectivity index (χ2n) is 8.12. The monoisotopic (exact) mass is 556 g/mol. The molecular weight excluding hydrogens is 531 g/mol. The number of hydrogen-bond donors (Lipinski definition) is 1. The molecule has 1 heterocycles. The number of halogens is 2. The number of likely N-dealkylation sites (tertiary alicyclic amines) is 1. The zero-order valence-corrected chi connectivity index (χ0v) is 21.0. The number of ketones is 1. The number of methoxy groups -OCH3 is 1. The van der Waals surface area contributed by atoms with Gasteiger partial charge in [-0.1, -0.05) is 0 Å². The van der Waals surface area contributed by atoms with Crippen molar-refractivity contribution >= 4 is 37.7 Å². The number of Topliss-reactive ketones (excluding diaryl/α,β-unsaturated/α-hetero) is 1. The molecule has 0 bridgehead atoms. The summed E-state index contributed by atoms with van der Waals surface area (Å²) in [7, 11) is -2.94. The van der Waals surface area contributed by atoms with Crippen molar-refractivity contribution in [2.75, 3.05) is 39.2 Å². The fraction of sp³-hybridized carbons (Fsp3) is 0.391. The third-order valence-corrected chi connectivity index (χ3v) is 7.04. The van der Waals surface area contributed by atoms with Crippen molar-refractivity contribution in [3.8, 4) is 5.75 Å². The molecule has 34 heavy (non-hydrogen) atoms. The molecule has 3 rings (SSSR count). The highest BCUT2D eigenvalue weighted by molar-refractivity contribution is 9.10. The Morgan fingerprint density at radius 3 is 2.32 bits per heavy atom. The van der Waals surface area contributed by atoms with Gasteiger partial charge < -0.3 is 14.5 Å². The van der Waals surface area contributed by atoms with Crippen LogP contribution in [0.15, 0.2) is 46.9 Å². The highest BCUT2D eigenvalue weighted by Gasteiger charge is 2.27. The van der Waals surface area contributed by atoms with Gasteiger partial charge in [0.15, 0.2) is 5.78 Å². The highest BCUT2D eigenvalue weighted by Crippen LogP contribution is 2.26. The number of benzene rings is 2. The van der Waals surface area contributed by atoms with Crippen LogP contribution in [0.2, 0.25) is 0 Å². The predicted octanol–water partition coefficient (Wildman–Crippen LogP) is 3.48. The molecule has 0 aromatic heterocycles. The maximum absolute atomic E-state index is 13.1. The van der Waals surface area contributed by atoms with E-state index in [4.69, 9.17) is 4.74 Å². The summed E-state index contributed by atoms with van der Waals surface area (Å²) in [5, 5.41) is 0. The molecule has 0 radical (unpaired) electrons. The van der Waals surface area contributed by atoms with Gasteiger partial charge in [-0.05, 0) is 84.3 Å². The SMILES string of the molecule is COc1ccc(C(=O)N(CCN2CCC(C(=O)c3ccc(F)cc3)CC2)CS(=O)(=O)O)cc1Br. The summed E-state index contributed by atoms with van der Waals surface area (Å²) in [4.78, 5) is 28.8. The topological polar surface area (TPSA) is 104 Å². The first-order chi connectivity index (χ1) is 16.1. The van der Waals surface area contributed by atoms with Crippen LogP contribution in [-0.2, 0) is 10.1 Å². The van der Waals surface area contributed by atoms with Gasteiger partial charge in [0, 0.05) is 30.1 Å². The molecule has 1 fully saturated rings. The highest BCUT2D eigenvalue weighted by atomic mass is 79.9. The van der Waals surface area contributed by atoms with E-state index in [0.717, 1.165) is 4.90 Å². The molecule has 1 amide bonds. The van der Waals surface area contributed by atoms with E-state index >= 15 is 0 Å². The lowest BCUT2D eigenvalue weighted by Crippen LogP contribution is -2.44. The van der Waals surface area contributed by atoms with Gasteiger partial charge in [-0.15, -0.1) is 0 Å². The maximum atomic E-state index is 13.1. The normalized spacial score (nSPS) is 15.2. The molecule has 8 nitrogen and oxygen atoms in total. The fourth-order valence-electron chi connectivity index (χ4n) is 3.93. The van der Waals surface area contributed by atoms with Gasteiger partial charge in [-0.3, -0.25) is 14.1 Å². The molecule has 2 aromatic rings. The molecule has 184 valence electrons. The van der Waals surface area contributed by atoms with E-state index in [2.05, 4.69) is 15.9 Å². The van der Waals surface area contributed by atoms with E-state index in [1.807, 2.05) is 4.90 Å². The number of rotatable bonds is 9. The van der Waals surface area contributed by atoms with Crippen molar-refractivity contribution in [1.82, 2.24) is 9.80 Å². The summed E-state index contributed by atoms with van der Waals surface area (Å²) in [6.07, 6.45) is 1.21. The number of amides is 1. The first-order valence-electron chi connectivity index (χ1n) is 10.7. The third kappa shape index (κ3) is 7.08. The van der Waals surface area contributed by atoms with Crippen LogP contribution in [0.1, 0.15) is 33.6 Å². The van der Waals surface area contributed by atoms with Gasteiger partial charge in [-0.2, -0.15) is 8.42 Å². The number of carbonyl (C=O) groups is 2. The van der Waals surface area contributed by atoms with Crippen LogP contribution in [0.3, 0.4) is 0 Å². The van der Waals surface area contributed by atoms with Crippen LogP contribution < -0.4 is 4.74 Å². The molecular formula is C23H26BrFN2O6S. The molecule has 0 spiro atoms. The van der Waals surface area contributed by atoms with Crippen LogP contribution in [-0.4, -0.2) is 73.6 Å². The summed E-state index contributed by atoms with van der Waals surface area (Å²) in [6.45, 7) is 1.66. The van der Waals surface area contributed by atoms with Crippen molar-refractivity contribution in [2.24, 2.45) is 5.92 Å². The van der Waals surface area contributed by atoms with Crippen molar-refractivity contribution in [2.45, 2.75) is 12.8 Å². The summed E-state index contributed by atoms with van der Waals surface area (Å²) < 4.78 is 51.2. The molecule has 0 atom stereocenters. The first kappa shape index (κ1) is 26.3. The van der Waals surface area contributed by atoms with Crippen molar-refractivity contribution < 1.29 is 31.7 Å². The lowest BCUT2D eigenvalue weighted by molar-refractivity contribution is 0.0736. The van der Waals surface area contributed by atoms with Crippen LogP contribution in [0.25, 0.3) is 0 Å². The Morgan fingerprint density at radius 1 is 1.15 bits per heavy atom. The van der Waals surface area contributed by atoms with Crippen molar-refractivity contribution in [3.05, 3.63) is 63.9 Å². The molecule has 1 N–H and O–H groups in total. The Labute approximate surface area is 206 Å². The quantitative estimate of drug-likeness (QED) is 0.372. The Bertz CT molecular complexity index is 1130. The van der Waals surface area contributed by atoms with Gasteiger partial charge >= 0.3 is 0 Å². The summed E-state index contributed by atoms with van der Waals surface area (Å²) in [6, 6.07) is 10.2. The molecule has 1 aliphatic heterocycles. The van der Waals surface area contributed by atoms with Gasteiger partial charge in [0.1, 0.15) is 17.4 Å². The molecule has 0 saturated carbocycles. The minimum Gasteiger partial charge on any atom is -0.496 e. The van der Waals surface area contributed by atoms with Gasteiger partial charge in [0.25, 0.3) is 16.0 Å². The van der Waals surface area contributed by atoms with E-state index in [0.29, 0.717) is 48.3 Å². The number of ether oxygens (including phenoxy) is 1. The van der Waals surface area contributed by atoms with E-state index in [1.54, 1.807) is 6.07 Å². The molecule has 0 aliphatic carbocycles. The van der Waals surface area contributed by atoms with Gasteiger partial charge in [-0.25, -0.2) is 4.39 Å². The third-order valence-electron chi connectivity index (χ3n) is 5.78. The Balaban J connectivity index is 1.60. The van der Waals surface area contributed by atoms with E-state index in [9.17, 15) is 27.0 Å². The van der Waals surface area contributed by atoms with E-state index < -0.39 is 27.7 Å².